The van der Waals surface area contributed by atoms with E-state index in [9.17, 15) is 4.39 Å². The maximum Gasteiger partial charge on any atom is 0.214 e. The van der Waals surface area contributed by atoms with Gasteiger partial charge in [0.05, 0.1) is 20.2 Å². The van der Waals surface area contributed by atoms with Crippen molar-refractivity contribution in [2.45, 2.75) is 12.6 Å². The molecule has 1 saturated heterocycles. The van der Waals surface area contributed by atoms with Crippen molar-refractivity contribution in [3.8, 4) is 5.75 Å². The Labute approximate surface area is 181 Å². The van der Waals surface area contributed by atoms with Crippen LogP contribution in [0.4, 0.5) is 4.39 Å². The van der Waals surface area contributed by atoms with E-state index in [-0.39, 0.29) is 11.9 Å². The monoisotopic (exact) mass is 424 g/mol. The summed E-state index contributed by atoms with van der Waals surface area (Å²) in [7, 11) is 1.65. The number of aromatic nitrogens is 4. The van der Waals surface area contributed by atoms with Crippen LogP contribution in [0, 0.1) is 5.82 Å². The van der Waals surface area contributed by atoms with E-state index in [4.69, 9.17) is 4.74 Å². The molecular formula is C23H29FN6O+2. The zero-order valence-corrected chi connectivity index (χ0v) is 17.8. The molecule has 0 radical (unpaired) electrons. The molecule has 2 heterocycles. The van der Waals surface area contributed by atoms with Gasteiger partial charge in [0.1, 0.15) is 37.7 Å². The second-order valence-corrected chi connectivity index (χ2v) is 7.93. The van der Waals surface area contributed by atoms with Crippen molar-refractivity contribution in [2.75, 3.05) is 39.8 Å². The molecule has 0 amide bonds. The van der Waals surface area contributed by atoms with Crippen LogP contribution in [-0.2, 0) is 6.54 Å². The molecule has 0 unspecified atom stereocenters. The van der Waals surface area contributed by atoms with Gasteiger partial charge in [-0.05, 0) is 58.5 Å². The quantitative estimate of drug-likeness (QED) is 0.497. The van der Waals surface area contributed by atoms with Crippen LogP contribution in [0.15, 0.2) is 61.2 Å². The molecule has 1 aliphatic heterocycles. The van der Waals surface area contributed by atoms with Gasteiger partial charge in [-0.3, -0.25) is 0 Å². The molecule has 2 aromatic carbocycles. The molecule has 8 heteroatoms. The van der Waals surface area contributed by atoms with Gasteiger partial charge in [0.2, 0.25) is 5.82 Å². The van der Waals surface area contributed by atoms with Crippen LogP contribution in [0.1, 0.15) is 23.0 Å². The largest absolute Gasteiger partial charge is 0.497 e. The normalized spacial score (nSPS) is 19.7. The summed E-state index contributed by atoms with van der Waals surface area (Å²) in [4.78, 5) is 2.93. The second kappa shape index (κ2) is 9.80. The number of benzene rings is 2. The number of rotatable bonds is 8. The number of nitrogens with zero attached hydrogens (tertiary/aromatic N) is 4. The van der Waals surface area contributed by atoms with Gasteiger partial charge in [-0.15, -0.1) is 5.10 Å². The van der Waals surface area contributed by atoms with Crippen LogP contribution in [0.5, 0.6) is 5.75 Å². The number of quaternary nitrogens is 2. The minimum atomic E-state index is -0.240. The predicted molar refractivity (Wildman–Crippen MR) is 115 cm³/mol. The summed E-state index contributed by atoms with van der Waals surface area (Å²) >= 11 is 0. The van der Waals surface area contributed by atoms with Gasteiger partial charge in [-0.1, -0.05) is 18.7 Å². The van der Waals surface area contributed by atoms with E-state index >= 15 is 0 Å². The molecular weight excluding hydrogens is 395 g/mol. The van der Waals surface area contributed by atoms with Gasteiger partial charge in [0.25, 0.3) is 0 Å². The lowest BCUT2D eigenvalue weighted by atomic mass is 10.0. The Bertz CT molecular complexity index is 980. The topological polar surface area (TPSA) is 61.7 Å². The molecule has 7 nitrogen and oxygen atoms in total. The van der Waals surface area contributed by atoms with Crippen LogP contribution < -0.4 is 14.5 Å². The van der Waals surface area contributed by atoms with Crippen molar-refractivity contribution in [3.05, 3.63) is 84.0 Å². The number of ether oxygens (including phenoxy) is 1. The van der Waals surface area contributed by atoms with Gasteiger partial charge in [0.15, 0.2) is 6.04 Å². The van der Waals surface area contributed by atoms with Gasteiger partial charge in [-0.25, -0.2) is 9.07 Å². The smallest absolute Gasteiger partial charge is 0.214 e. The van der Waals surface area contributed by atoms with Crippen LogP contribution in [0.2, 0.25) is 0 Å². The third-order valence-electron chi connectivity index (χ3n) is 5.95. The number of piperazine rings is 1. The van der Waals surface area contributed by atoms with Crippen LogP contribution >= 0.6 is 0 Å². The molecule has 3 aromatic rings. The van der Waals surface area contributed by atoms with Crippen molar-refractivity contribution in [2.24, 2.45) is 0 Å². The summed E-state index contributed by atoms with van der Waals surface area (Å²) in [6.45, 7) is 9.49. The fourth-order valence-corrected chi connectivity index (χ4v) is 4.28. The average Bonchev–Trinajstić information content (AvgIpc) is 3.25. The fraction of sp³-hybridized carbons (Fsp3) is 0.348. The molecule has 0 bridgehead atoms. The Balaban J connectivity index is 1.62. The number of nitrogens with one attached hydrogen (secondary N) is 2. The van der Waals surface area contributed by atoms with E-state index in [1.807, 2.05) is 47.2 Å². The zero-order chi connectivity index (χ0) is 21.6. The minimum absolute atomic E-state index is 0.0564. The Hall–Kier alpha value is -3.10. The molecule has 2 N–H and O–H groups in total. The van der Waals surface area contributed by atoms with Crippen molar-refractivity contribution in [3.63, 3.8) is 0 Å². The lowest BCUT2D eigenvalue weighted by Gasteiger charge is -2.33. The van der Waals surface area contributed by atoms with E-state index in [0.29, 0.717) is 6.54 Å². The molecule has 31 heavy (non-hydrogen) atoms. The Kier molecular flexibility index (Phi) is 6.69. The molecule has 1 atom stereocenters. The van der Waals surface area contributed by atoms with Crippen LogP contribution in [-0.4, -0.2) is 60.0 Å². The van der Waals surface area contributed by atoms with Gasteiger partial charge in [-0.2, -0.15) is 0 Å². The van der Waals surface area contributed by atoms with Gasteiger partial charge < -0.3 is 14.5 Å². The summed E-state index contributed by atoms with van der Waals surface area (Å²) in [6, 6.07) is 14.6. The third kappa shape index (κ3) is 4.98. The van der Waals surface area contributed by atoms with E-state index < -0.39 is 0 Å². The Morgan fingerprint density at radius 1 is 1.10 bits per heavy atom. The van der Waals surface area contributed by atoms with Crippen molar-refractivity contribution in [1.82, 2.24) is 20.2 Å². The minimum Gasteiger partial charge on any atom is -0.497 e. The third-order valence-corrected chi connectivity index (χ3v) is 5.95. The maximum absolute atomic E-state index is 13.6. The summed E-state index contributed by atoms with van der Waals surface area (Å²) in [5.41, 5.74) is 2.11. The molecule has 1 fully saturated rings. The molecule has 162 valence electrons. The highest BCUT2D eigenvalue weighted by Gasteiger charge is 2.35. The van der Waals surface area contributed by atoms with E-state index in [2.05, 4.69) is 22.1 Å². The first kappa shape index (κ1) is 21.1. The zero-order valence-electron chi connectivity index (χ0n) is 17.8. The maximum atomic E-state index is 13.6. The van der Waals surface area contributed by atoms with Crippen molar-refractivity contribution < 1.29 is 18.9 Å². The first-order chi connectivity index (χ1) is 15.2. The number of tetrazole rings is 1. The predicted octanol–water partition coefficient (Wildman–Crippen LogP) is -0.0721. The molecule has 0 spiro atoms. The summed E-state index contributed by atoms with van der Waals surface area (Å²) in [6.07, 6.45) is 1.98. The highest BCUT2D eigenvalue weighted by atomic mass is 19.1. The summed E-state index contributed by atoms with van der Waals surface area (Å²) in [5, 5.41) is 12.7. The Morgan fingerprint density at radius 2 is 1.81 bits per heavy atom. The highest BCUT2D eigenvalue weighted by Crippen LogP contribution is 2.19. The van der Waals surface area contributed by atoms with Gasteiger partial charge >= 0.3 is 0 Å². The molecule has 1 aliphatic rings. The SMILES string of the molecule is C=CC[NH+]1CC[NH+]([C@H](c2ccc(F)cc2)c2nnnn2Cc2ccc(OC)cc2)CC1. The number of hydrogen-bond acceptors (Lipinski definition) is 4. The molecule has 0 aliphatic carbocycles. The highest BCUT2D eigenvalue weighted by molar-refractivity contribution is 5.28. The van der Waals surface area contributed by atoms with E-state index in [1.54, 1.807) is 7.11 Å². The number of hydrogen-bond donors (Lipinski definition) is 2. The molecule has 1 aromatic heterocycles. The van der Waals surface area contributed by atoms with Crippen molar-refractivity contribution >= 4 is 0 Å². The molecule has 0 saturated carbocycles. The van der Waals surface area contributed by atoms with Crippen LogP contribution in [0.25, 0.3) is 0 Å². The lowest BCUT2D eigenvalue weighted by Crippen LogP contribution is -3.28. The first-order valence-corrected chi connectivity index (χ1v) is 10.6. The first-order valence-electron chi connectivity index (χ1n) is 10.6. The fourth-order valence-electron chi connectivity index (χ4n) is 4.28. The summed E-state index contributed by atoms with van der Waals surface area (Å²) < 4.78 is 20.7. The average molecular weight is 425 g/mol. The second-order valence-electron chi connectivity index (χ2n) is 7.93. The summed E-state index contributed by atoms with van der Waals surface area (Å²) in [5.74, 6) is 1.37. The standard InChI is InChI=1S/C23H27FN6O/c1-3-12-28-13-15-29(16-14-28)22(19-6-8-20(24)9-7-19)23-25-26-27-30(23)17-18-4-10-21(31-2)11-5-18/h3-11,22H,1,12-17H2,2H3/p+2/t22-/m1/s1. The van der Waals surface area contributed by atoms with Gasteiger partial charge in [0, 0.05) is 5.56 Å². The Morgan fingerprint density at radius 3 is 2.45 bits per heavy atom. The number of methoxy groups -OCH3 is 1. The van der Waals surface area contributed by atoms with E-state index in [0.717, 1.165) is 55.4 Å². The van der Waals surface area contributed by atoms with E-state index in [1.165, 1.54) is 21.9 Å². The van der Waals surface area contributed by atoms with Crippen molar-refractivity contribution in [1.29, 1.82) is 0 Å². The lowest BCUT2D eigenvalue weighted by molar-refractivity contribution is -1.02. The molecule has 4 rings (SSSR count). The number of halogens is 1. The van der Waals surface area contributed by atoms with Crippen LogP contribution in [0.3, 0.4) is 0 Å².